The molecule has 2 N–H and O–H groups in total. The number of fused-ring (bicyclic) bond motifs is 1. The number of nitrogens with zero attached hydrogens (tertiary/aromatic N) is 1. The number of nitrogens with one attached hydrogen (secondary N) is 2. The van der Waals surface area contributed by atoms with Gasteiger partial charge in [-0.3, -0.25) is 9.59 Å². The molecule has 1 heterocycles. The molecule has 7 nitrogen and oxygen atoms in total. The zero-order valence-electron chi connectivity index (χ0n) is 15.2. The van der Waals surface area contributed by atoms with E-state index in [-0.39, 0.29) is 11.8 Å². The first-order chi connectivity index (χ1) is 13.1. The standard InChI is InChI=1S/C20H21N3O4/c1-13(24)21-8-9-22-20(25)16-5-3-4-14(10-16)15-6-7-18-17(11-15)23-19(27-18)12-26-2/h3-7,10-11H,8-9,12H2,1-2H3,(H,21,24)(H,22,25). The van der Waals surface area contributed by atoms with Crippen LogP contribution in [-0.4, -0.2) is 37.0 Å². The molecule has 2 aromatic carbocycles. The lowest BCUT2D eigenvalue weighted by atomic mass is 10.0. The zero-order valence-corrected chi connectivity index (χ0v) is 15.2. The minimum absolute atomic E-state index is 0.122. The molecule has 0 fully saturated rings. The summed E-state index contributed by atoms with van der Waals surface area (Å²) in [6.07, 6.45) is 0. The van der Waals surface area contributed by atoms with Crippen LogP contribution in [0.5, 0.6) is 0 Å². The van der Waals surface area contributed by atoms with Gasteiger partial charge in [0.15, 0.2) is 5.58 Å². The molecule has 3 rings (SSSR count). The third-order valence-electron chi connectivity index (χ3n) is 3.94. The first kappa shape index (κ1) is 18.6. The molecule has 140 valence electrons. The number of oxazole rings is 1. The molecule has 7 heteroatoms. The van der Waals surface area contributed by atoms with Crippen LogP contribution >= 0.6 is 0 Å². The van der Waals surface area contributed by atoms with Gasteiger partial charge in [-0.05, 0) is 35.4 Å². The monoisotopic (exact) mass is 367 g/mol. The summed E-state index contributed by atoms with van der Waals surface area (Å²) in [5.41, 5.74) is 3.83. The van der Waals surface area contributed by atoms with E-state index in [9.17, 15) is 9.59 Å². The molecule has 0 aliphatic heterocycles. The molecule has 0 radical (unpaired) electrons. The van der Waals surface area contributed by atoms with Crippen LogP contribution in [0.2, 0.25) is 0 Å². The van der Waals surface area contributed by atoms with Gasteiger partial charge in [0.05, 0.1) is 0 Å². The number of carbonyl (C=O) groups is 2. The van der Waals surface area contributed by atoms with Crippen molar-refractivity contribution in [2.45, 2.75) is 13.5 Å². The van der Waals surface area contributed by atoms with Crippen molar-refractivity contribution in [3.63, 3.8) is 0 Å². The summed E-state index contributed by atoms with van der Waals surface area (Å²) < 4.78 is 10.6. The van der Waals surface area contributed by atoms with Crippen molar-refractivity contribution in [1.82, 2.24) is 15.6 Å². The Morgan fingerprint density at radius 2 is 1.85 bits per heavy atom. The zero-order chi connectivity index (χ0) is 19.2. The van der Waals surface area contributed by atoms with Crippen LogP contribution < -0.4 is 10.6 Å². The number of amides is 2. The maximum absolute atomic E-state index is 12.3. The molecular weight excluding hydrogens is 346 g/mol. The van der Waals surface area contributed by atoms with Crippen molar-refractivity contribution in [2.75, 3.05) is 20.2 Å². The molecule has 0 aliphatic rings. The number of rotatable bonds is 7. The number of hydrogen-bond donors (Lipinski definition) is 2. The van der Waals surface area contributed by atoms with Gasteiger partial charge in [0, 0.05) is 32.7 Å². The molecule has 1 aromatic heterocycles. The number of hydrogen-bond acceptors (Lipinski definition) is 5. The predicted molar refractivity (Wildman–Crippen MR) is 101 cm³/mol. The van der Waals surface area contributed by atoms with Gasteiger partial charge in [-0.2, -0.15) is 0 Å². The molecule has 2 amide bonds. The molecule has 0 saturated carbocycles. The molecule has 0 atom stereocenters. The molecule has 0 unspecified atom stereocenters. The van der Waals surface area contributed by atoms with Gasteiger partial charge in [-0.1, -0.05) is 18.2 Å². The Morgan fingerprint density at radius 3 is 2.63 bits per heavy atom. The maximum Gasteiger partial charge on any atom is 0.251 e. The quantitative estimate of drug-likeness (QED) is 0.626. The average Bonchev–Trinajstić information content (AvgIpc) is 3.07. The highest BCUT2D eigenvalue weighted by atomic mass is 16.5. The number of carbonyl (C=O) groups excluding carboxylic acids is 2. The van der Waals surface area contributed by atoms with Crippen LogP contribution in [-0.2, 0) is 16.1 Å². The van der Waals surface area contributed by atoms with Gasteiger partial charge in [0.1, 0.15) is 12.1 Å². The van der Waals surface area contributed by atoms with E-state index >= 15 is 0 Å². The van der Waals surface area contributed by atoms with E-state index in [0.29, 0.717) is 36.7 Å². The molecular formula is C20H21N3O4. The highest BCUT2D eigenvalue weighted by Crippen LogP contribution is 2.25. The smallest absolute Gasteiger partial charge is 0.251 e. The predicted octanol–water partition coefficient (Wildman–Crippen LogP) is 2.51. The van der Waals surface area contributed by atoms with E-state index in [2.05, 4.69) is 15.6 Å². The van der Waals surface area contributed by atoms with Crippen LogP contribution in [0.1, 0.15) is 23.2 Å². The Bertz CT molecular complexity index is 965. The third kappa shape index (κ3) is 4.71. The van der Waals surface area contributed by atoms with Crippen molar-refractivity contribution in [1.29, 1.82) is 0 Å². The van der Waals surface area contributed by atoms with Crippen molar-refractivity contribution in [3.8, 4) is 11.1 Å². The van der Waals surface area contributed by atoms with Gasteiger partial charge in [-0.15, -0.1) is 0 Å². The van der Waals surface area contributed by atoms with E-state index in [1.807, 2.05) is 36.4 Å². The van der Waals surface area contributed by atoms with E-state index < -0.39 is 0 Å². The minimum atomic E-state index is -0.188. The Labute approximate surface area is 156 Å². The highest BCUT2D eigenvalue weighted by molar-refractivity contribution is 5.95. The summed E-state index contributed by atoms with van der Waals surface area (Å²) in [7, 11) is 1.59. The van der Waals surface area contributed by atoms with E-state index in [1.54, 1.807) is 13.2 Å². The normalized spacial score (nSPS) is 10.7. The third-order valence-corrected chi connectivity index (χ3v) is 3.94. The largest absolute Gasteiger partial charge is 0.438 e. The molecule has 0 spiro atoms. The first-order valence-electron chi connectivity index (χ1n) is 8.58. The van der Waals surface area contributed by atoms with Crippen LogP contribution in [0.25, 0.3) is 22.2 Å². The number of ether oxygens (including phenoxy) is 1. The molecule has 0 saturated heterocycles. The summed E-state index contributed by atoms with van der Waals surface area (Å²) in [6, 6.07) is 13.1. The van der Waals surface area contributed by atoms with Crippen molar-refractivity contribution >= 4 is 22.9 Å². The lowest BCUT2D eigenvalue weighted by Crippen LogP contribution is -2.33. The fourth-order valence-corrected chi connectivity index (χ4v) is 2.70. The van der Waals surface area contributed by atoms with Crippen molar-refractivity contribution < 1.29 is 18.7 Å². The van der Waals surface area contributed by atoms with Gasteiger partial charge in [-0.25, -0.2) is 4.98 Å². The Kier molecular flexibility index (Phi) is 5.83. The van der Waals surface area contributed by atoms with Crippen molar-refractivity contribution in [2.24, 2.45) is 0 Å². The fourth-order valence-electron chi connectivity index (χ4n) is 2.70. The SMILES string of the molecule is COCc1nc2cc(-c3cccc(C(=O)NCCNC(C)=O)c3)ccc2o1. The minimum Gasteiger partial charge on any atom is -0.438 e. The van der Waals surface area contributed by atoms with Gasteiger partial charge >= 0.3 is 0 Å². The number of benzene rings is 2. The van der Waals surface area contributed by atoms with E-state index in [1.165, 1.54) is 6.92 Å². The summed E-state index contributed by atoms with van der Waals surface area (Å²) in [5, 5.41) is 5.42. The number of aromatic nitrogens is 1. The Hall–Kier alpha value is -3.19. The van der Waals surface area contributed by atoms with Crippen LogP contribution in [0.3, 0.4) is 0 Å². The van der Waals surface area contributed by atoms with Crippen LogP contribution in [0, 0.1) is 0 Å². The highest BCUT2D eigenvalue weighted by Gasteiger charge is 2.10. The first-order valence-corrected chi connectivity index (χ1v) is 8.58. The Balaban J connectivity index is 1.75. The van der Waals surface area contributed by atoms with Crippen molar-refractivity contribution in [3.05, 3.63) is 53.9 Å². The van der Waals surface area contributed by atoms with Gasteiger partial charge in [0.25, 0.3) is 5.91 Å². The second-order valence-corrected chi connectivity index (χ2v) is 6.04. The van der Waals surface area contributed by atoms with Crippen LogP contribution in [0.4, 0.5) is 0 Å². The second-order valence-electron chi connectivity index (χ2n) is 6.04. The lowest BCUT2D eigenvalue weighted by Gasteiger charge is -2.08. The summed E-state index contributed by atoms with van der Waals surface area (Å²) in [4.78, 5) is 27.5. The molecule has 0 aliphatic carbocycles. The Morgan fingerprint density at radius 1 is 1.07 bits per heavy atom. The summed E-state index contributed by atoms with van der Waals surface area (Å²) in [6.45, 7) is 2.52. The second kappa shape index (κ2) is 8.46. The summed E-state index contributed by atoms with van der Waals surface area (Å²) in [5.74, 6) is 0.215. The molecule has 3 aromatic rings. The van der Waals surface area contributed by atoms with E-state index in [0.717, 1.165) is 16.6 Å². The molecule has 27 heavy (non-hydrogen) atoms. The van der Waals surface area contributed by atoms with E-state index in [4.69, 9.17) is 9.15 Å². The van der Waals surface area contributed by atoms with Gasteiger partial charge < -0.3 is 19.8 Å². The molecule has 0 bridgehead atoms. The summed E-state index contributed by atoms with van der Waals surface area (Å²) >= 11 is 0. The maximum atomic E-state index is 12.3. The number of methoxy groups -OCH3 is 1. The average molecular weight is 367 g/mol. The topological polar surface area (TPSA) is 93.5 Å². The van der Waals surface area contributed by atoms with Crippen LogP contribution in [0.15, 0.2) is 46.9 Å². The van der Waals surface area contributed by atoms with Gasteiger partial charge in [0.2, 0.25) is 11.8 Å². The lowest BCUT2D eigenvalue weighted by molar-refractivity contribution is -0.118. The fraction of sp³-hybridized carbons (Fsp3) is 0.250.